The highest BCUT2D eigenvalue weighted by atomic mass is 32.1. The smallest absolute Gasteiger partial charge is 0.264 e. The zero-order chi connectivity index (χ0) is 16.7. The summed E-state index contributed by atoms with van der Waals surface area (Å²) in [6, 6.07) is 3.90. The van der Waals surface area contributed by atoms with Crippen LogP contribution in [0.3, 0.4) is 0 Å². The fraction of sp³-hybridized carbons (Fsp3) is 0.556. The van der Waals surface area contributed by atoms with E-state index in [0.29, 0.717) is 6.61 Å². The summed E-state index contributed by atoms with van der Waals surface area (Å²) >= 11 is 1.56. The first-order valence-electron chi connectivity index (χ1n) is 8.59. The van der Waals surface area contributed by atoms with Crippen LogP contribution in [-0.2, 0) is 18.2 Å². The normalized spacial score (nSPS) is 20.2. The first kappa shape index (κ1) is 15.8. The lowest BCUT2D eigenvalue weighted by molar-refractivity contribution is 0.0351. The van der Waals surface area contributed by atoms with Crippen molar-refractivity contribution in [2.24, 2.45) is 13.0 Å². The van der Waals surface area contributed by atoms with E-state index in [1.54, 1.807) is 11.3 Å². The van der Waals surface area contributed by atoms with Gasteiger partial charge in [-0.15, -0.1) is 11.3 Å². The Morgan fingerprint density at radius 1 is 1.38 bits per heavy atom. The second kappa shape index (κ2) is 6.33. The van der Waals surface area contributed by atoms with Crippen LogP contribution in [0.2, 0.25) is 0 Å². The second-order valence-electron chi connectivity index (χ2n) is 6.83. The van der Waals surface area contributed by atoms with Gasteiger partial charge >= 0.3 is 0 Å². The molecule has 24 heavy (non-hydrogen) atoms. The number of rotatable bonds is 5. The van der Waals surface area contributed by atoms with Crippen LogP contribution in [0.15, 0.2) is 18.3 Å². The van der Waals surface area contributed by atoms with Crippen LogP contribution in [0.5, 0.6) is 0 Å². The van der Waals surface area contributed by atoms with Crippen LogP contribution in [0.1, 0.15) is 44.7 Å². The minimum atomic E-state index is -0.0464. The van der Waals surface area contributed by atoms with E-state index in [0.717, 1.165) is 40.9 Å². The van der Waals surface area contributed by atoms with Gasteiger partial charge in [-0.1, -0.05) is 0 Å². The fourth-order valence-corrected chi connectivity index (χ4v) is 4.22. The summed E-state index contributed by atoms with van der Waals surface area (Å²) in [7, 11) is 1.95. The lowest BCUT2D eigenvalue weighted by Gasteiger charge is -2.35. The quantitative estimate of drug-likeness (QED) is 0.837. The number of ether oxygens (including phenoxy) is 1. The summed E-state index contributed by atoms with van der Waals surface area (Å²) in [5.41, 5.74) is 2.36. The topological polar surface area (TPSA) is 47.4 Å². The lowest BCUT2D eigenvalue weighted by Crippen LogP contribution is -2.42. The number of fused-ring (bicyclic) bond motifs is 1. The molecule has 0 saturated heterocycles. The van der Waals surface area contributed by atoms with E-state index < -0.39 is 0 Å². The summed E-state index contributed by atoms with van der Waals surface area (Å²) in [4.78, 5) is 17.0. The molecule has 0 spiro atoms. The predicted octanol–water partition coefficient (Wildman–Crippen LogP) is 2.96. The van der Waals surface area contributed by atoms with Crippen molar-refractivity contribution in [3.63, 3.8) is 0 Å². The first-order chi connectivity index (χ1) is 11.6. The second-order valence-corrected chi connectivity index (χ2v) is 8.12. The number of carbonyl (C=O) groups is 1. The number of hydrogen-bond donors (Lipinski definition) is 0. The third kappa shape index (κ3) is 3.00. The molecule has 1 aliphatic heterocycles. The van der Waals surface area contributed by atoms with E-state index in [1.165, 1.54) is 18.4 Å². The zero-order valence-corrected chi connectivity index (χ0v) is 15.0. The van der Waals surface area contributed by atoms with Crippen LogP contribution >= 0.6 is 11.3 Å². The molecule has 1 amide bonds. The standard InChI is InChI=1S/C18H23N3O2S/c1-12-3-6-16(24-12)18(22)21-8-7-14-9-19-20(2)17(14)15(21)11-23-10-13-4-5-13/h3,6,9,13,15H,4-5,7-8,10-11H2,1-2H3/t15-/m0/s1. The molecule has 0 N–H and O–H groups in total. The Hall–Kier alpha value is -1.66. The number of aromatic nitrogens is 2. The minimum Gasteiger partial charge on any atom is -0.379 e. The molecule has 2 aliphatic rings. The van der Waals surface area contributed by atoms with Crippen LogP contribution in [0.4, 0.5) is 0 Å². The van der Waals surface area contributed by atoms with E-state index in [1.807, 2.05) is 41.9 Å². The number of nitrogens with zero attached hydrogens (tertiary/aromatic N) is 3. The summed E-state index contributed by atoms with van der Waals surface area (Å²) in [5, 5.41) is 4.40. The Balaban J connectivity index is 1.58. The molecule has 1 saturated carbocycles. The van der Waals surface area contributed by atoms with Crippen molar-refractivity contribution in [3.05, 3.63) is 39.3 Å². The molecule has 128 valence electrons. The molecule has 2 aromatic rings. The Kier molecular flexibility index (Phi) is 4.18. The molecule has 3 heterocycles. The van der Waals surface area contributed by atoms with Gasteiger partial charge in [0, 0.05) is 25.1 Å². The third-order valence-corrected chi connectivity index (χ3v) is 5.91. The maximum Gasteiger partial charge on any atom is 0.264 e. The molecule has 1 atom stereocenters. The molecule has 4 rings (SSSR count). The Bertz CT molecular complexity index is 747. The molecule has 6 heteroatoms. The highest BCUT2D eigenvalue weighted by molar-refractivity contribution is 7.13. The summed E-state index contributed by atoms with van der Waals surface area (Å²) in [6.45, 7) is 4.13. The van der Waals surface area contributed by atoms with Crippen molar-refractivity contribution < 1.29 is 9.53 Å². The summed E-state index contributed by atoms with van der Waals surface area (Å²) in [6.07, 6.45) is 5.34. The Morgan fingerprint density at radius 3 is 2.92 bits per heavy atom. The molecule has 0 unspecified atom stereocenters. The monoisotopic (exact) mass is 345 g/mol. The lowest BCUT2D eigenvalue weighted by atomic mass is 10.00. The van der Waals surface area contributed by atoms with Gasteiger partial charge < -0.3 is 9.64 Å². The van der Waals surface area contributed by atoms with E-state index in [2.05, 4.69) is 5.10 Å². The van der Waals surface area contributed by atoms with Crippen molar-refractivity contribution in [1.29, 1.82) is 0 Å². The van der Waals surface area contributed by atoms with Crippen LogP contribution in [-0.4, -0.2) is 40.3 Å². The van der Waals surface area contributed by atoms with Crippen LogP contribution in [0.25, 0.3) is 0 Å². The molecule has 1 fully saturated rings. The summed E-state index contributed by atoms with van der Waals surface area (Å²) in [5.74, 6) is 0.837. The van der Waals surface area contributed by atoms with E-state index >= 15 is 0 Å². The van der Waals surface area contributed by atoms with Gasteiger partial charge in [-0.05, 0) is 49.8 Å². The van der Waals surface area contributed by atoms with Gasteiger partial charge in [-0.3, -0.25) is 9.48 Å². The van der Waals surface area contributed by atoms with Crippen LogP contribution in [0, 0.1) is 12.8 Å². The number of hydrogen-bond acceptors (Lipinski definition) is 4. The average molecular weight is 345 g/mol. The fourth-order valence-electron chi connectivity index (χ4n) is 3.39. The minimum absolute atomic E-state index is 0.0464. The SMILES string of the molecule is Cc1ccc(C(=O)N2CCc3cnn(C)c3[C@@H]2COCC2CC2)s1. The molecule has 2 aromatic heterocycles. The highest BCUT2D eigenvalue weighted by Gasteiger charge is 2.35. The molecule has 0 aromatic carbocycles. The number of carbonyl (C=O) groups excluding carboxylic acids is 1. The van der Waals surface area contributed by atoms with Gasteiger partial charge in [-0.25, -0.2) is 0 Å². The molecule has 5 nitrogen and oxygen atoms in total. The number of amides is 1. The Morgan fingerprint density at radius 2 is 2.21 bits per heavy atom. The van der Waals surface area contributed by atoms with E-state index in [9.17, 15) is 4.79 Å². The van der Waals surface area contributed by atoms with E-state index in [4.69, 9.17) is 4.74 Å². The van der Waals surface area contributed by atoms with Gasteiger partial charge in [-0.2, -0.15) is 5.10 Å². The highest BCUT2D eigenvalue weighted by Crippen LogP contribution is 2.33. The van der Waals surface area contributed by atoms with Gasteiger partial charge in [0.15, 0.2) is 0 Å². The third-order valence-electron chi connectivity index (χ3n) is 4.92. The number of aryl methyl sites for hydroxylation is 2. The van der Waals surface area contributed by atoms with Gasteiger partial charge in [0.25, 0.3) is 5.91 Å². The molecule has 1 aliphatic carbocycles. The van der Waals surface area contributed by atoms with Crippen molar-refractivity contribution in [3.8, 4) is 0 Å². The maximum absolute atomic E-state index is 13.0. The van der Waals surface area contributed by atoms with Gasteiger partial charge in [0.1, 0.15) is 0 Å². The van der Waals surface area contributed by atoms with Crippen molar-refractivity contribution in [2.45, 2.75) is 32.2 Å². The Labute approximate surface area is 146 Å². The largest absolute Gasteiger partial charge is 0.379 e. The maximum atomic E-state index is 13.0. The summed E-state index contributed by atoms with van der Waals surface area (Å²) < 4.78 is 7.87. The van der Waals surface area contributed by atoms with Gasteiger partial charge in [0.05, 0.1) is 29.4 Å². The first-order valence-corrected chi connectivity index (χ1v) is 9.41. The van der Waals surface area contributed by atoms with Crippen molar-refractivity contribution in [1.82, 2.24) is 14.7 Å². The van der Waals surface area contributed by atoms with Crippen molar-refractivity contribution >= 4 is 17.2 Å². The zero-order valence-electron chi connectivity index (χ0n) is 14.2. The number of thiophene rings is 1. The molecular weight excluding hydrogens is 322 g/mol. The molecular formula is C18H23N3O2S. The van der Waals surface area contributed by atoms with Gasteiger partial charge in [0.2, 0.25) is 0 Å². The molecule has 0 radical (unpaired) electrons. The van der Waals surface area contributed by atoms with E-state index in [-0.39, 0.29) is 11.9 Å². The average Bonchev–Trinajstić information content (AvgIpc) is 3.17. The predicted molar refractivity (Wildman–Crippen MR) is 93.3 cm³/mol. The van der Waals surface area contributed by atoms with Crippen LogP contribution < -0.4 is 0 Å². The van der Waals surface area contributed by atoms with Crippen molar-refractivity contribution in [2.75, 3.05) is 19.8 Å². The molecule has 0 bridgehead atoms.